The Hall–Kier alpha value is -3.72. The number of nitriles is 1. The molecule has 2 N–H and O–H groups in total. The molecule has 31 heavy (non-hydrogen) atoms. The van der Waals surface area contributed by atoms with Gasteiger partial charge in [0.15, 0.2) is 0 Å². The largest absolute Gasteiger partial charge is 0.481 e. The van der Waals surface area contributed by atoms with Gasteiger partial charge in [0.1, 0.15) is 11.6 Å². The number of carboxylic acid groups (broad SMARTS) is 1. The lowest BCUT2D eigenvalue weighted by Gasteiger charge is -2.44. The molecule has 5 nitrogen and oxygen atoms in total. The van der Waals surface area contributed by atoms with Crippen LogP contribution in [0.5, 0.6) is 0 Å². The molecule has 0 bridgehead atoms. The van der Waals surface area contributed by atoms with E-state index in [2.05, 4.69) is 11.4 Å². The van der Waals surface area contributed by atoms with Gasteiger partial charge in [0.2, 0.25) is 0 Å². The Kier molecular flexibility index (Phi) is 6.07. The molecule has 2 aromatic carbocycles. The average Bonchev–Trinajstić information content (AvgIpc) is 2.72. The zero-order chi connectivity index (χ0) is 22.6. The number of aliphatic carboxylic acids is 1. The molecule has 0 spiro atoms. The second-order valence-corrected chi connectivity index (χ2v) is 8.45. The van der Waals surface area contributed by atoms with Crippen LogP contribution < -0.4 is 5.32 Å². The second kappa shape index (κ2) is 8.57. The quantitative estimate of drug-likeness (QED) is 0.542. The van der Waals surface area contributed by atoms with E-state index in [1.807, 2.05) is 32.9 Å². The Morgan fingerprint density at radius 1 is 1.06 bits per heavy atom. The van der Waals surface area contributed by atoms with Gasteiger partial charge in [0, 0.05) is 5.69 Å². The molecule has 3 aromatic rings. The first-order chi connectivity index (χ1) is 14.7. The van der Waals surface area contributed by atoms with Gasteiger partial charge in [-0.05, 0) is 59.5 Å². The minimum Gasteiger partial charge on any atom is -0.481 e. The monoisotopic (exact) mass is 417 g/mol. The Balaban J connectivity index is 2.12. The molecule has 3 rings (SSSR count). The van der Waals surface area contributed by atoms with Crippen molar-refractivity contribution in [3.8, 4) is 6.07 Å². The first-order valence-electron chi connectivity index (χ1n) is 9.88. The number of rotatable bonds is 6. The summed E-state index contributed by atoms with van der Waals surface area (Å²) in [7, 11) is 0. The molecule has 0 aliphatic rings. The lowest BCUT2D eigenvalue weighted by molar-refractivity contribution is -0.139. The number of hydrogen-bond donors (Lipinski definition) is 2. The van der Waals surface area contributed by atoms with E-state index in [-0.39, 0.29) is 12.2 Å². The van der Waals surface area contributed by atoms with E-state index in [1.54, 1.807) is 42.5 Å². The number of aromatic nitrogens is 1. The summed E-state index contributed by atoms with van der Waals surface area (Å²) in [5.41, 5.74) is 1.04. The van der Waals surface area contributed by atoms with Crippen LogP contribution in [-0.4, -0.2) is 16.1 Å². The summed E-state index contributed by atoms with van der Waals surface area (Å²) in [5, 5.41) is 22.0. The third-order valence-corrected chi connectivity index (χ3v) is 5.51. The zero-order valence-electron chi connectivity index (χ0n) is 17.7. The maximum absolute atomic E-state index is 13.6. The minimum atomic E-state index is -0.991. The van der Waals surface area contributed by atoms with Crippen molar-refractivity contribution in [3.63, 3.8) is 0 Å². The van der Waals surface area contributed by atoms with Gasteiger partial charge < -0.3 is 10.4 Å². The molecule has 1 unspecified atom stereocenters. The SMILES string of the molecule is CC(C)(C)C(CC(=O)O)(c1ccc(F)cc1)c1cccc(Nc2ccc(C#N)cc2)n1. The van der Waals surface area contributed by atoms with E-state index in [0.29, 0.717) is 22.6 Å². The summed E-state index contributed by atoms with van der Waals surface area (Å²) in [6, 6.07) is 20.4. The van der Waals surface area contributed by atoms with Crippen LogP contribution in [0.1, 0.15) is 44.0 Å². The number of nitrogens with zero attached hydrogens (tertiary/aromatic N) is 2. The van der Waals surface area contributed by atoms with Crippen LogP contribution in [0.4, 0.5) is 15.9 Å². The van der Waals surface area contributed by atoms with E-state index in [0.717, 1.165) is 5.69 Å². The van der Waals surface area contributed by atoms with Crippen molar-refractivity contribution in [2.45, 2.75) is 32.6 Å². The lowest BCUT2D eigenvalue weighted by atomic mass is 9.59. The molecule has 0 aliphatic carbocycles. The van der Waals surface area contributed by atoms with Crippen LogP contribution >= 0.6 is 0 Å². The number of hydrogen-bond acceptors (Lipinski definition) is 4. The number of anilines is 2. The van der Waals surface area contributed by atoms with Gasteiger partial charge in [0.05, 0.1) is 29.2 Å². The van der Waals surface area contributed by atoms with Crippen molar-refractivity contribution in [3.05, 3.63) is 89.4 Å². The highest BCUT2D eigenvalue weighted by Gasteiger charge is 2.48. The molecule has 0 amide bonds. The minimum absolute atomic E-state index is 0.199. The van der Waals surface area contributed by atoms with E-state index in [1.165, 1.54) is 12.1 Å². The number of pyridine rings is 1. The topological polar surface area (TPSA) is 86.0 Å². The van der Waals surface area contributed by atoms with Gasteiger partial charge in [-0.3, -0.25) is 4.79 Å². The molecule has 6 heteroatoms. The Morgan fingerprint density at radius 3 is 2.26 bits per heavy atom. The molecule has 0 saturated carbocycles. The molecule has 0 fully saturated rings. The van der Waals surface area contributed by atoms with Gasteiger partial charge in [0.25, 0.3) is 0 Å². The van der Waals surface area contributed by atoms with Crippen molar-refractivity contribution in [1.82, 2.24) is 4.98 Å². The number of carboxylic acids is 1. The summed E-state index contributed by atoms with van der Waals surface area (Å²) < 4.78 is 13.6. The third kappa shape index (κ3) is 4.56. The van der Waals surface area contributed by atoms with Crippen LogP contribution in [0.15, 0.2) is 66.7 Å². The van der Waals surface area contributed by atoms with Gasteiger partial charge >= 0.3 is 5.97 Å². The number of benzene rings is 2. The fourth-order valence-corrected chi connectivity index (χ4v) is 3.90. The van der Waals surface area contributed by atoms with E-state index in [9.17, 15) is 14.3 Å². The van der Waals surface area contributed by atoms with Crippen LogP contribution in [0, 0.1) is 22.6 Å². The fourth-order valence-electron chi connectivity index (χ4n) is 3.90. The van der Waals surface area contributed by atoms with E-state index < -0.39 is 16.8 Å². The maximum atomic E-state index is 13.6. The number of nitrogens with one attached hydrogen (secondary N) is 1. The first-order valence-corrected chi connectivity index (χ1v) is 9.88. The smallest absolute Gasteiger partial charge is 0.304 e. The van der Waals surface area contributed by atoms with Gasteiger partial charge in [-0.25, -0.2) is 9.37 Å². The Bertz CT molecular complexity index is 1110. The first kappa shape index (κ1) is 22.0. The third-order valence-electron chi connectivity index (χ3n) is 5.51. The fraction of sp³-hybridized carbons (Fsp3) is 0.240. The second-order valence-electron chi connectivity index (χ2n) is 8.45. The summed E-state index contributed by atoms with van der Waals surface area (Å²) in [6.07, 6.45) is -0.199. The standard InChI is InChI=1S/C25H24FN3O2/c1-24(2,3)25(15-23(30)31,18-9-11-19(26)12-10-18)21-5-4-6-22(29-21)28-20-13-7-17(16-27)8-14-20/h4-14H,15H2,1-3H3,(H,28,29)(H,30,31). The summed E-state index contributed by atoms with van der Waals surface area (Å²) in [6.45, 7) is 5.88. The summed E-state index contributed by atoms with van der Waals surface area (Å²) in [4.78, 5) is 16.7. The molecule has 0 saturated heterocycles. The molecule has 1 aromatic heterocycles. The van der Waals surface area contributed by atoms with Crippen LogP contribution in [0.25, 0.3) is 0 Å². The normalized spacial score (nSPS) is 13.1. The van der Waals surface area contributed by atoms with Crippen LogP contribution in [0.2, 0.25) is 0 Å². The average molecular weight is 417 g/mol. The lowest BCUT2D eigenvalue weighted by Crippen LogP contribution is -2.44. The Labute approximate surface area is 181 Å². The zero-order valence-corrected chi connectivity index (χ0v) is 17.7. The van der Waals surface area contributed by atoms with Crippen LogP contribution in [0.3, 0.4) is 0 Å². The van der Waals surface area contributed by atoms with Crippen LogP contribution in [-0.2, 0) is 10.2 Å². The highest BCUT2D eigenvalue weighted by Crippen LogP contribution is 2.49. The van der Waals surface area contributed by atoms with Gasteiger partial charge in [-0.1, -0.05) is 39.0 Å². The van der Waals surface area contributed by atoms with Crippen molar-refractivity contribution < 1.29 is 14.3 Å². The highest BCUT2D eigenvalue weighted by molar-refractivity contribution is 5.71. The summed E-state index contributed by atoms with van der Waals surface area (Å²) >= 11 is 0. The molecule has 0 aliphatic heterocycles. The number of halogens is 1. The summed E-state index contributed by atoms with van der Waals surface area (Å²) in [5.74, 6) is -0.805. The van der Waals surface area contributed by atoms with Crippen molar-refractivity contribution in [1.29, 1.82) is 5.26 Å². The van der Waals surface area contributed by atoms with Gasteiger partial charge in [-0.15, -0.1) is 0 Å². The molecule has 0 radical (unpaired) electrons. The van der Waals surface area contributed by atoms with Crippen molar-refractivity contribution in [2.24, 2.45) is 5.41 Å². The molecular weight excluding hydrogens is 393 g/mol. The van der Waals surface area contributed by atoms with Crippen molar-refractivity contribution in [2.75, 3.05) is 5.32 Å². The number of carbonyl (C=O) groups is 1. The van der Waals surface area contributed by atoms with Gasteiger partial charge in [-0.2, -0.15) is 5.26 Å². The molecule has 1 heterocycles. The Morgan fingerprint density at radius 2 is 1.71 bits per heavy atom. The molecule has 158 valence electrons. The molecule has 1 atom stereocenters. The maximum Gasteiger partial charge on any atom is 0.304 e. The predicted molar refractivity (Wildman–Crippen MR) is 118 cm³/mol. The molecular formula is C25H24FN3O2. The van der Waals surface area contributed by atoms with E-state index >= 15 is 0 Å². The highest BCUT2D eigenvalue weighted by atomic mass is 19.1. The predicted octanol–water partition coefficient (Wildman–Crippen LogP) is 5.64. The van der Waals surface area contributed by atoms with Crippen molar-refractivity contribution >= 4 is 17.5 Å². The van der Waals surface area contributed by atoms with E-state index in [4.69, 9.17) is 10.2 Å².